The number of oxime groups is 1. The normalized spacial score (nSPS) is 18.7. The summed E-state index contributed by atoms with van der Waals surface area (Å²) in [5.74, 6) is 0.124. The van der Waals surface area contributed by atoms with Crippen molar-refractivity contribution in [1.29, 1.82) is 0 Å². The van der Waals surface area contributed by atoms with Gasteiger partial charge < -0.3 is 9.94 Å². The first-order chi connectivity index (χ1) is 11.9. The summed E-state index contributed by atoms with van der Waals surface area (Å²) in [6.45, 7) is 10.5. The zero-order valence-electron chi connectivity index (χ0n) is 16.0. The van der Waals surface area contributed by atoms with Crippen LogP contribution in [0.15, 0.2) is 28.6 Å². The largest absolute Gasteiger partial charge is 0.511 e. The molecule has 0 radical (unpaired) electrons. The first-order valence-electron chi connectivity index (χ1n) is 9.11. The van der Waals surface area contributed by atoms with Crippen molar-refractivity contribution in [3.63, 3.8) is 0 Å². The number of aryl methyl sites for hydroxylation is 3. The molecule has 1 aromatic rings. The monoisotopic (exact) mass is 343 g/mol. The van der Waals surface area contributed by atoms with Gasteiger partial charge in [0.25, 0.3) is 0 Å². The molecule has 0 saturated heterocycles. The molecule has 1 unspecified atom stereocenters. The van der Waals surface area contributed by atoms with Crippen LogP contribution in [-0.4, -0.2) is 23.2 Å². The molecular weight excluding hydrogens is 314 g/mol. The van der Waals surface area contributed by atoms with E-state index < -0.39 is 0 Å². The third-order valence-electron chi connectivity index (χ3n) is 4.66. The maximum atomic E-state index is 12.8. The van der Waals surface area contributed by atoms with Gasteiger partial charge in [0.15, 0.2) is 5.78 Å². The molecule has 4 nitrogen and oxygen atoms in total. The number of aliphatic hydroxyl groups is 1. The Bertz CT molecular complexity index is 693. The van der Waals surface area contributed by atoms with Crippen molar-refractivity contribution in [1.82, 2.24) is 0 Å². The highest BCUT2D eigenvalue weighted by Crippen LogP contribution is 2.37. The Morgan fingerprint density at radius 1 is 1.20 bits per heavy atom. The molecule has 0 saturated carbocycles. The number of carbonyl (C=O) groups is 1. The smallest absolute Gasteiger partial charge is 0.168 e. The number of allylic oxidation sites excluding steroid dienone is 2. The number of carbonyl (C=O) groups excluding carboxylic acids is 1. The van der Waals surface area contributed by atoms with E-state index in [-0.39, 0.29) is 17.5 Å². The first-order valence-corrected chi connectivity index (χ1v) is 9.11. The highest BCUT2D eigenvalue weighted by Gasteiger charge is 2.32. The van der Waals surface area contributed by atoms with Gasteiger partial charge in [-0.2, -0.15) is 0 Å². The maximum absolute atomic E-state index is 12.8. The Hall–Kier alpha value is -2.10. The lowest BCUT2D eigenvalue weighted by molar-refractivity contribution is -0.116. The molecule has 1 aliphatic rings. The van der Waals surface area contributed by atoms with Gasteiger partial charge in [0, 0.05) is 12.8 Å². The van der Waals surface area contributed by atoms with E-state index in [9.17, 15) is 9.90 Å². The summed E-state index contributed by atoms with van der Waals surface area (Å²) in [5.41, 5.74) is 5.71. The van der Waals surface area contributed by atoms with E-state index in [2.05, 4.69) is 38.1 Å². The van der Waals surface area contributed by atoms with Crippen molar-refractivity contribution >= 4 is 11.5 Å². The summed E-state index contributed by atoms with van der Waals surface area (Å²) in [6, 6.07) is 4.28. The van der Waals surface area contributed by atoms with Gasteiger partial charge in [0.1, 0.15) is 12.4 Å². The van der Waals surface area contributed by atoms with Gasteiger partial charge in [-0.3, -0.25) is 4.79 Å². The predicted octanol–water partition coefficient (Wildman–Crippen LogP) is 5.06. The van der Waals surface area contributed by atoms with Crippen LogP contribution in [0.25, 0.3) is 0 Å². The average molecular weight is 343 g/mol. The quantitative estimate of drug-likeness (QED) is 0.580. The lowest BCUT2D eigenvalue weighted by atomic mass is 9.77. The van der Waals surface area contributed by atoms with Crippen molar-refractivity contribution in [2.45, 2.75) is 66.2 Å². The van der Waals surface area contributed by atoms with E-state index in [4.69, 9.17) is 4.84 Å². The molecule has 0 bridgehead atoms. The number of nitrogens with zero attached hydrogens (tertiary/aromatic N) is 1. The highest BCUT2D eigenvalue weighted by atomic mass is 16.6. The Morgan fingerprint density at radius 2 is 1.84 bits per heavy atom. The van der Waals surface area contributed by atoms with Crippen LogP contribution < -0.4 is 0 Å². The molecule has 0 heterocycles. The molecule has 0 aliphatic heterocycles. The van der Waals surface area contributed by atoms with Crippen LogP contribution >= 0.6 is 0 Å². The lowest BCUT2D eigenvalue weighted by Crippen LogP contribution is -2.24. The van der Waals surface area contributed by atoms with Gasteiger partial charge in [0.2, 0.25) is 0 Å². The number of Topliss-reactive ketones (excluding diaryl/α,β-unsaturated/α-hetero) is 1. The van der Waals surface area contributed by atoms with E-state index >= 15 is 0 Å². The minimum absolute atomic E-state index is 0.0202. The second-order valence-electron chi connectivity index (χ2n) is 6.87. The maximum Gasteiger partial charge on any atom is 0.168 e. The lowest BCUT2D eigenvalue weighted by Gasteiger charge is -2.27. The number of aliphatic hydroxyl groups excluding tert-OH is 1. The van der Waals surface area contributed by atoms with Gasteiger partial charge >= 0.3 is 0 Å². The summed E-state index contributed by atoms with van der Waals surface area (Å²) >= 11 is 0. The van der Waals surface area contributed by atoms with Gasteiger partial charge in [0.05, 0.1) is 11.3 Å². The molecule has 0 amide bonds. The second-order valence-corrected chi connectivity index (χ2v) is 6.87. The number of benzene rings is 1. The van der Waals surface area contributed by atoms with Gasteiger partial charge in [-0.25, -0.2) is 0 Å². The minimum Gasteiger partial charge on any atom is -0.511 e. The van der Waals surface area contributed by atoms with Crippen LogP contribution in [0.3, 0.4) is 0 Å². The standard InChI is InChI=1S/C21H29NO3/c1-6-8-17(22-25-7-2)21-18(23)11-16(12-19(21)24)20-14(4)9-13(3)10-15(20)5/h9-10,16,23H,6-8,11-12H2,1-5H3. The molecule has 0 spiro atoms. The Morgan fingerprint density at radius 3 is 2.36 bits per heavy atom. The third kappa shape index (κ3) is 4.30. The van der Waals surface area contributed by atoms with Crippen LogP contribution in [0.1, 0.15) is 67.7 Å². The molecular formula is C21H29NO3. The molecule has 1 atom stereocenters. The molecule has 0 fully saturated rings. The SMILES string of the molecule is CCCC(=NOCC)C1=C(O)CC(c2c(C)cc(C)cc2C)CC1=O. The van der Waals surface area contributed by atoms with Gasteiger partial charge in [-0.1, -0.05) is 36.2 Å². The molecule has 4 heteroatoms. The van der Waals surface area contributed by atoms with Gasteiger partial charge in [-0.05, 0) is 56.7 Å². The van der Waals surface area contributed by atoms with E-state index in [0.717, 1.165) is 6.42 Å². The number of hydrogen-bond donors (Lipinski definition) is 1. The number of ketones is 1. The van der Waals surface area contributed by atoms with Crippen molar-refractivity contribution in [3.8, 4) is 0 Å². The van der Waals surface area contributed by atoms with Crippen molar-refractivity contribution in [2.24, 2.45) is 5.16 Å². The molecule has 1 aromatic carbocycles. The molecule has 2 rings (SSSR count). The van der Waals surface area contributed by atoms with Crippen molar-refractivity contribution < 1.29 is 14.7 Å². The Labute approximate surface area is 150 Å². The number of rotatable bonds is 6. The fourth-order valence-corrected chi connectivity index (χ4v) is 3.86. The van der Waals surface area contributed by atoms with E-state index in [1.807, 2.05) is 13.8 Å². The van der Waals surface area contributed by atoms with Crippen LogP contribution in [0.2, 0.25) is 0 Å². The predicted molar refractivity (Wildman–Crippen MR) is 101 cm³/mol. The molecule has 1 aliphatic carbocycles. The third-order valence-corrected chi connectivity index (χ3v) is 4.66. The topological polar surface area (TPSA) is 58.9 Å². The van der Waals surface area contributed by atoms with Crippen molar-refractivity contribution in [3.05, 3.63) is 45.7 Å². The highest BCUT2D eigenvalue weighted by molar-refractivity contribution is 6.23. The zero-order valence-corrected chi connectivity index (χ0v) is 16.0. The fraction of sp³-hybridized carbons (Fsp3) is 0.524. The fourth-order valence-electron chi connectivity index (χ4n) is 3.86. The average Bonchev–Trinajstić information content (AvgIpc) is 2.51. The van der Waals surface area contributed by atoms with Crippen LogP contribution in [0.5, 0.6) is 0 Å². The molecule has 1 N–H and O–H groups in total. The van der Waals surface area contributed by atoms with Crippen LogP contribution in [0, 0.1) is 20.8 Å². The summed E-state index contributed by atoms with van der Waals surface area (Å²) in [7, 11) is 0. The minimum atomic E-state index is -0.0416. The Balaban J connectivity index is 2.38. The number of hydrogen-bond acceptors (Lipinski definition) is 4. The molecule has 0 aromatic heterocycles. The Kier molecular flexibility index (Phi) is 6.40. The summed E-state index contributed by atoms with van der Waals surface area (Å²) < 4.78 is 0. The van der Waals surface area contributed by atoms with Crippen molar-refractivity contribution in [2.75, 3.05) is 6.61 Å². The summed E-state index contributed by atoms with van der Waals surface area (Å²) in [6.07, 6.45) is 2.34. The van der Waals surface area contributed by atoms with Gasteiger partial charge in [-0.15, -0.1) is 0 Å². The van der Waals surface area contributed by atoms with Crippen LogP contribution in [0.4, 0.5) is 0 Å². The second kappa shape index (κ2) is 8.32. The van der Waals surface area contributed by atoms with Crippen LogP contribution in [-0.2, 0) is 9.63 Å². The molecule has 25 heavy (non-hydrogen) atoms. The first kappa shape index (κ1) is 19.2. The van der Waals surface area contributed by atoms with E-state index in [0.29, 0.717) is 37.2 Å². The summed E-state index contributed by atoms with van der Waals surface area (Å²) in [5, 5.41) is 14.7. The molecule has 136 valence electrons. The van der Waals surface area contributed by atoms with E-state index in [1.54, 1.807) is 0 Å². The zero-order chi connectivity index (χ0) is 18.6. The summed E-state index contributed by atoms with van der Waals surface area (Å²) in [4.78, 5) is 18.0. The van der Waals surface area contributed by atoms with E-state index in [1.165, 1.54) is 22.3 Å².